The van der Waals surface area contributed by atoms with Crippen LogP contribution in [0.15, 0.2) is 0 Å². The number of nitrogens with one attached hydrogen (secondary N) is 1. The highest BCUT2D eigenvalue weighted by molar-refractivity contribution is 4.99. The van der Waals surface area contributed by atoms with Gasteiger partial charge in [-0.05, 0) is 38.6 Å². The fourth-order valence-electron chi connectivity index (χ4n) is 3.40. The van der Waals surface area contributed by atoms with Crippen LogP contribution in [0.3, 0.4) is 0 Å². The standard InChI is InChI=1S/C15H31NO2/c1-5-16-14(13(3)9-12-17-4)15(18-6-2)10-7-8-11-15/h13-14,16H,5-12H2,1-4H3. The van der Waals surface area contributed by atoms with Crippen molar-refractivity contribution >= 4 is 0 Å². The predicted octanol–water partition coefficient (Wildman–Crippen LogP) is 2.99. The van der Waals surface area contributed by atoms with E-state index in [2.05, 4.69) is 26.1 Å². The average molecular weight is 257 g/mol. The van der Waals surface area contributed by atoms with Crippen molar-refractivity contribution < 1.29 is 9.47 Å². The summed E-state index contributed by atoms with van der Waals surface area (Å²) >= 11 is 0. The zero-order valence-electron chi connectivity index (χ0n) is 12.6. The Balaban J connectivity index is 2.72. The van der Waals surface area contributed by atoms with Crippen LogP contribution in [-0.2, 0) is 9.47 Å². The van der Waals surface area contributed by atoms with E-state index in [1.165, 1.54) is 25.7 Å². The summed E-state index contributed by atoms with van der Waals surface area (Å²) in [5.41, 5.74) is 0.0674. The molecule has 0 aliphatic heterocycles. The highest BCUT2D eigenvalue weighted by Crippen LogP contribution is 2.39. The Hall–Kier alpha value is -0.120. The van der Waals surface area contributed by atoms with Gasteiger partial charge in [0.05, 0.1) is 5.60 Å². The molecular weight excluding hydrogens is 226 g/mol. The van der Waals surface area contributed by atoms with E-state index in [1.807, 2.05) is 0 Å². The number of hydrogen-bond acceptors (Lipinski definition) is 3. The number of ether oxygens (including phenoxy) is 2. The van der Waals surface area contributed by atoms with Crippen molar-refractivity contribution in [2.45, 2.75) is 64.5 Å². The summed E-state index contributed by atoms with van der Waals surface area (Å²) in [6.07, 6.45) is 6.12. The minimum Gasteiger partial charge on any atom is -0.385 e. The van der Waals surface area contributed by atoms with Crippen LogP contribution in [0.5, 0.6) is 0 Å². The highest BCUT2D eigenvalue weighted by atomic mass is 16.5. The van der Waals surface area contributed by atoms with Gasteiger partial charge in [0.25, 0.3) is 0 Å². The van der Waals surface area contributed by atoms with Gasteiger partial charge in [0.15, 0.2) is 0 Å². The van der Waals surface area contributed by atoms with Crippen molar-refractivity contribution in [1.82, 2.24) is 5.32 Å². The second kappa shape index (κ2) is 8.13. The first-order valence-electron chi connectivity index (χ1n) is 7.56. The van der Waals surface area contributed by atoms with Crippen molar-refractivity contribution in [3.05, 3.63) is 0 Å². The summed E-state index contributed by atoms with van der Waals surface area (Å²) in [6, 6.07) is 0.458. The van der Waals surface area contributed by atoms with Crippen LogP contribution in [0, 0.1) is 5.92 Å². The maximum atomic E-state index is 6.20. The highest BCUT2D eigenvalue weighted by Gasteiger charge is 2.43. The van der Waals surface area contributed by atoms with Crippen molar-refractivity contribution in [3.8, 4) is 0 Å². The molecule has 0 saturated heterocycles. The molecule has 0 spiro atoms. The normalized spacial score (nSPS) is 22.0. The maximum Gasteiger partial charge on any atom is 0.0837 e. The maximum absolute atomic E-state index is 6.20. The van der Waals surface area contributed by atoms with Crippen molar-refractivity contribution in [3.63, 3.8) is 0 Å². The summed E-state index contributed by atoms with van der Waals surface area (Å²) in [4.78, 5) is 0. The second-order valence-corrected chi connectivity index (χ2v) is 5.50. The van der Waals surface area contributed by atoms with Crippen LogP contribution in [0.1, 0.15) is 52.9 Å². The van der Waals surface area contributed by atoms with Gasteiger partial charge in [-0.2, -0.15) is 0 Å². The molecule has 0 aromatic heterocycles. The van der Waals surface area contributed by atoms with E-state index in [0.29, 0.717) is 12.0 Å². The molecule has 0 radical (unpaired) electrons. The average Bonchev–Trinajstić information content (AvgIpc) is 2.83. The van der Waals surface area contributed by atoms with Gasteiger partial charge >= 0.3 is 0 Å². The number of likely N-dealkylation sites (N-methyl/N-ethyl adjacent to an activating group) is 1. The Morgan fingerprint density at radius 2 is 1.89 bits per heavy atom. The smallest absolute Gasteiger partial charge is 0.0837 e. The van der Waals surface area contributed by atoms with Crippen molar-refractivity contribution in [2.75, 3.05) is 26.9 Å². The molecule has 1 aliphatic carbocycles. The third-order valence-corrected chi connectivity index (χ3v) is 4.22. The molecule has 0 amide bonds. The summed E-state index contributed by atoms with van der Waals surface area (Å²) in [6.45, 7) is 9.29. The molecule has 1 saturated carbocycles. The molecule has 1 fully saturated rings. The Labute approximate surface area is 113 Å². The Morgan fingerprint density at radius 3 is 2.39 bits per heavy atom. The van der Waals surface area contributed by atoms with E-state index in [-0.39, 0.29) is 5.60 Å². The van der Waals surface area contributed by atoms with E-state index in [4.69, 9.17) is 9.47 Å². The molecule has 3 heteroatoms. The van der Waals surface area contributed by atoms with Gasteiger partial charge in [-0.15, -0.1) is 0 Å². The molecule has 2 unspecified atom stereocenters. The van der Waals surface area contributed by atoms with E-state index in [1.54, 1.807) is 7.11 Å². The molecule has 0 heterocycles. The Bertz CT molecular complexity index is 215. The lowest BCUT2D eigenvalue weighted by atomic mass is 9.82. The van der Waals surface area contributed by atoms with Gasteiger partial charge in [0.2, 0.25) is 0 Å². The molecule has 2 atom stereocenters. The molecule has 3 nitrogen and oxygen atoms in total. The number of methoxy groups -OCH3 is 1. The summed E-state index contributed by atoms with van der Waals surface area (Å²) < 4.78 is 11.4. The van der Waals surface area contributed by atoms with Crippen LogP contribution in [-0.4, -0.2) is 38.5 Å². The van der Waals surface area contributed by atoms with Crippen LogP contribution in [0.2, 0.25) is 0 Å². The molecule has 1 N–H and O–H groups in total. The SMILES string of the molecule is CCNC(C(C)CCOC)C1(OCC)CCCC1. The van der Waals surface area contributed by atoms with Crippen LogP contribution in [0.4, 0.5) is 0 Å². The molecular formula is C15H31NO2. The second-order valence-electron chi connectivity index (χ2n) is 5.50. The van der Waals surface area contributed by atoms with E-state index < -0.39 is 0 Å². The Morgan fingerprint density at radius 1 is 1.22 bits per heavy atom. The Kier molecular flexibility index (Phi) is 7.20. The largest absolute Gasteiger partial charge is 0.385 e. The first-order valence-corrected chi connectivity index (χ1v) is 7.56. The quantitative estimate of drug-likeness (QED) is 0.689. The first-order chi connectivity index (χ1) is 8.70. The lowest BCUT2D eigenvalue weighted by Gasteiger charge is -2.41. The van der Waals surface area contributed by atoms with Crippen LogP contribution in [0.25, 0.3) is 0 Å². The fraction of sp³-hybridized carbons (Fsp3) is 1.00. The molecule has 18 heavy (non-hydrogen) atoms. The van der Waals surface area contributed by atoms with E-state index >= 15 is 0 Å². The van der Waals surface area contributed by atoms with E-state index in [0.717, 1.165) is 26.2 Å². The first kappa shape index (κ1) is 15.9. The lowest BCUT2D eigenvalue weighted by molar-refractivity contribution is -0.0754. The van der Waals surface area contributed by atoms with Crippen LogP contribution < -0.4 is 5.32 Å². The van der Waals surface area contributed by atoms with Crippen LogP contribution >= 0.6 is 0 Å². The number of rotatable bonds is 9. The van der Waals surface area contributed by atoms with Crippen molar-refractivity contribution in [1.29, 1.82) is 0 Å². The van der Waals surface area contributed by atoms with Crippen molar-refractivity contribution in [2.24, 2.45) is 5.92 Å². The minimum absolute atomic E-state index is 0.0674. The fourth-order valence-corrected chi connectivity index (χ4v) is 3.40. The van der Waals surface area contributed by atoms with Gasteiger partial charge in [0.1, 0.15) is 0 Å². The van der Waals surface area contributed by atoms with Gasteiger partial charge in [-0.25, -0.2) is 0 Å². The monoisotopic (exact) mass is 257 g/mol. The van der Waals surface area contributed by atoms with Gasteiger partial charge in [0, 0.05) is 26.4 Å². The minimum atomic E-state index is 0.0674. The summed E-state index contributed by atoms with van der Waals surface area (Å²) in [5.74, 6) is 0.592. The molecule has 1 rings (SSSR count). The topological polar surface area (TPSA) is 30.5 Å². The number of hydrogen-bond donors (Lipinski definition) is 1. The van der Waals surface area contributed by atoms with Gasteiger partial charge in [-0.1, -0.05) is 26.7 Å². The third-order valence-electron chi connectivity index (χ3n) is 4.22. The predicted molar refractivity (Wildman–Crippen MR) is 75.9 cm³/mol. The van der Waals surface area contributed by atoms with E-state index in [9.17, 15) is 0 Å². The molecule has 108 valence electrons. The zero-order valence-corrected chi connectivity index (χ0v) is 12.6. The van der Waals surface area contributed by atoms with Gasteiger partial charge < -0.3 is 14.8 Å². The summed E-state index contributed by atoms with van der Waals surface area (Å²) in [7, 11) is 1.78. The molecule has 0 aromatic rings. The van der Waals surface area contributed by atoms with Gasteiger partial charge in [-0.3, -0.25) is 0 Å². The third kappa shape index (κ3) is 3.94. The summed E-state index contributed by atoms with van der Waals surface area (Å²) in [5, 5.41) is 3.68. The molecule has 0 aromatic carbocycles. The zero-order chi connectivity index (χ0) is 13.4. The molecule has 1 aliphatic rings. The lowest BCUT2D eigenvalue weighted by Crippen LogP contribution is -2.54. The molecule has 0 bridgehead atoms.